The van der Waals surface area contributed by atoms with Crippen molar-refractivity contribution in [3.8, 4) is 0 Å². The molecule has 67 heavy (non-hydrogen) atoms. The number of rotatable bonds is 43. The van der Waals surface area contributed by atoms with Crippen molar-refractivity contribution in [3.05, 3.63) is 48.6 Å². The van der Waals surface area contributed by atoms with Crippen molar-refractivity contribution in [1.82, 2.24) is 10.2 Å². The molecule has 1 rings (SSSR count). The fraction of sp³-hybridized carbons (Fsp3) is 0.764. The molecule has 0 radical (unpaired) electrons. The topological polar surface area (TPSA) is 147 Å². The largest absolute Gasteiger partial charge is 0.465 e. The number of amides is 1. The fourth-order valence-corrected chi connectivity index (χ4v) is 7.71. The summed E-state index contributed by atoms with van der Waals surface area (Å²) in [7, 11) is 0. The molecule has 1 fully saturated rings. The molecule has 1 heterocycles. The van der Waals surface area contributed by atoms with Crippen LogP contribution in [0.5, 0.6) is 0 Å². The van der Waals surface area contributed by atoms with Crippen LogP contribution < -0.4 is 5.32 Å². The normalized spacial score (nSPS) is 13.3. The number of likely N-dealkylation sites (tertiary alicyclic amines) is 1. The predicted octanol–water partition coefficient (Wildman–Crippen LogP) is 12.8. The Kier molecular flexibility index (Phi) is 40.6. The summed E-state index contributed by atoms with van der Waals surface area (Å²) in [6.07, 6.45) is 39.1. The fourth-order valence-electron chi connectivity index (χ4n) is 7.71. The highest BCUT2D eigenvalue weighted by Gasteiger charge is 2.20. The zero-order valence-corrected chi connectivity index (χ0v) is 42.6. The van der Waals surface area contributed by atoms with Crippen LogP contribution in [-0.4, -0.2) is 93.1 Å². The molecule has 1 saturated heterocycles. The molecular formula is C55H94N2O10. The van der Waals surface area contributed by atoms with Crippen LogP contribution in [0.2, 0.25) is 0 Å². The lowest BCUT2D eigenvalue weighted by atomic mass is 10.0. The van der Waals surface area contributed by atoms with Gasteiger partial charge in [0.2, 0.25) is 0 Å². The van der Waals surface area contributed by atoms with Crippen molar-refractivity contribution in [2.45, 2.75) is 220 Å². The Morgan fingerprint density at radius 3 is 1.19 bits per heavy atom. The van der Waals surface area contributed by atoms with Crippen LogP contribution in [0.4, 0.5) is 4.79 Å². The van der Waals surface area contributed by atoms with E-state index in [1.165, 1.54) is 12.8 Å². The Morgan fingerprint density at radius 2 is 0.821 bits per heavy atom. The minimum absolute atomic E-state index is 0.0721. The van der Waals surface area contributed by atoms with Crippen LogP contribution in [-0.2, 0) is 42.9 Å². The van der Waals surface area contributed by atoms with Gasteiger partial charge >= 0.3 is 30.0 Å². The number of allylic oxidation sites excluding steroid dienone is 8. The Bertz CT molecular complexity index is 1260. The zero-order valence-electron chi connectivity index (χ0n) is 42.6. The number of esters is 4. The van der Waals surface area contributed by atoms with E-state index in [9.17, 15) is 24.0 Å². The van der Waals surface area contributed by atoms with E-state index in [1.54, 1.807) is 0 Å². The minimum atomic E-state index is -0.571. The number of nitrogens with zero attached hydrogens (tertiary/aromatic N) is 1. The summed E-state index contributed by atoms with van der Waals surface area (Å²) in [6, 6.07) is 0. The van der Waals surface area contributed by atoms with Gasteiger partial charge in [0.1, 0.15) is 32.0 Å². The SMILES string of the molecule is CC/C=C\CCCC(CCC/C=C\CC)OC(=O)CCCCCC(=O)OCC(COC(=O)CCCCCC(=O)OC(CCC/C=C\CC)CCC/C=C\CC)COC(=O)NCCN1CCCC1. The highest BCUT2D eigenvalue weighted by molar-refractivity contribution is 5.71. The number of alkyl carbamates (subject to hydrolysis) is 1. The van der Waals surface area contributed by atoms with Crippen molar-refractivity contribution >= 4 is 30.0 Å². The smallest absolute Gasteiger partial charge is 0.407 e. The van der Waals surface area contributed by atoms with Gasteiger partial charge in [-0.3, -0.25) is 19.2 Å². The first-order valence-corrected chi connectivity index (χ1v) is 26.6. The van der Waals surface area contributed by atoms with Crippen molar-refractivity contribution < 1.29 is 47.7 Å². The molecule has 0 saturated carbocycles. The summed E-state index contributed by atoms with van der Waals surface area (Å²) < 4.78 is 28.4. The summed E-state index contributed by atoms with van der Waals surface area (Å²) in [5.74, 6) is -1.72. The molecule has 0 aromatic rings. The summed E-state index contributed by atoms with van der Waals surface area (Å²) >= 11 is 0. The third kappa shape index (κ3) is 38.7. The van der Waals surface area contributed by atoms with Gasteiger partial charge in [0.15, 0.2) is 0 Å². The quantitative estimate of drug-likeness (QED) is 0.0270. The lowest BCUT2D eigenvalue weighted by Crippen LogP contribution is -2.35. The molecule has 12 heteroatoms. The van der Waals surface area contributed by atoms with Gasteiger partial charge in [0.05, 0.1) is 5.92 Å². The van der Waals surface area contributed by atoms with Crippen molar-refractivity contribution in [3.63, 3.8) is 0 Å². The minimum Gasteiger partial charge on any atom is -0.465 e. The first-order valence-electron chi connectivity index (χ1n) is 26.6. The van der Waals surface area contributed by atoms with Gasteiger partial charge in [-0.1, -0.05) is 89.1 Å². The monoisotopic (exact) mass is 943 g/mol. The number of nitrogens with one attached hydrogen (secondary N) is 1. The van der Waals surface area contributed by atoms with Crippen LogP contribution in [0.25, 0.3) is 0 Å². The molecule has 0 aliphatic carbocycles. The van der Waals surface area contributed by atoms with Crippen molar-refractivity contribution in [2.75, 3.05) is 46.0 Å². The molecule has 1 aliphatic rings. The average molecular weight is 943 g/mol. The molecule has 0 unspecified atom stereocenters. The van der Waals surface area contributed by atoms with E-state index in [4.69, 9.17) is 23.7 Å². The molecule has 12 nitrogen and oxygen atoms in total. The average Bonchev–Trinajstić information content (AvgIpc) is 3.84. The van der Waals surface area contributed by atoms with Crippen LogP contribution in [0, 0.1) is 5.92 Å². The molecule has 0 atom stereocenters. The maximum Gasteiger partial charge on any atom is 0.407 e. The number of hydrogen-bond donors (Lipinski definition) is 1. The van der Waals surface area contributed by atoms with Gasteiger partial charge in [-0.15, -0.1) is 0 Å². The highest BCUT2D eigenvalue weighted by atomic mass is 16.6. The number of hydrogen-bond acceptors (Lipinski definition) is 11. The molecule has 0 bridgehead atoms. The summed E-state index contributed by atoms with van der Waals surface area (Å²) in [4.78, 5) is 65.7. The maximum absolute atomic E-state index is 12.7. The van der Waals surface area contributed by atoms with Gasteiger partial charge in [-0.2, -0.15) is 0 Å². The zero-order chi connectivity index (χ0) is 48.8. The lowest BCUT2D eigenvalue weighted by Gasteiger charge is -2.18. The Balaban J connectivity index is 2.53. The Morgan fingerprint density at radius 1 is 0.463 bits per heavy atom. The number of ether oxygens (including phenoxy) is 5. The van der Waals surface area contributed by atoms with Crippen LogP contribution in [0.15, 0.2) is 48.6 Å². The Hall–Kier alpha value is -3.93. The second kappa shape index (κ2) is 44.6. The molecular weight excluding hydrogens is 849 g/mol. The lowest BCUT2D eigenvalue weighted by molar-refractivity contribution is -0.151. The van der Waals surface area contributed by atoms with Crippen LogP contribution in [0.3, 0.4) is 0 Å². The first kappa shape index (κ1) is 61.1. The predicted molar refractivity (Wildman–Crippen MR) is 269 cm³/mol. The van der Waals surface area contributed by atoms with E-state index in [1.807, 2.05) is 0 Å². The Labute approximate surface area is 406 Å². The van der Waals surface area contributed by atoms with E-state index >= 15 is 0 Å². The van der Waals surface area contributed by atoms with Gasteiger partial charge < -0.3 is 33.9 Å². The molecule has 1 N–H and O–H groups in total. The number of unbranched alkanes of at least 4 members (excludes halogenated alkanes) is 8. The molecule has 0 spiro atoms. The molecule has 0 aromatic heterocycles. The summed E-state index contributed by atoms with van der Waals surface area (Å²) in [6.45, 7) is 11.5. The standard InChI is InChI=1S/C55H94N2O10/c1-5-9-13-17-23-33-49(34-24-18-14-10-6-2)66-53(60)39-29-21-27-37-51(58)63-45-48(47-65-55(62)56-41-44-57-42-31-32-43-57)46-64-52(59)38-28-22-30-40-54(61)67-50(35-25-19-15-11-7-3)36-26-20-16-12-8-4/h9-16,48-50H,5-8,17-47H2,1-4H3,(H,56,62)/b13-9-,14-10-,15-11-,16-12-. The molecule has 1 amide bonds. The van der Waals surface area contributed by atoms with E-state index in [-0.39, 0.29) is 56.8 Å². The number of carbonyl (C=O) groups excluding carboxylic acids is 5. The van der Waals surface area contributed by atoms with Gasteiger partial charge in [0.25, 0.3) is 0 Å². The second-order valence-corrected chi connectivity index (χ2v) is 17.9. The van der Waals surface area contributed by atoms with E-state index < -0.39 is 23.9 Å². The van der Waals surface area contributed by atoms with Gasteiger partial charge in [-0.25, -0.2) is 4.79 Å². The van der Waals surface area contributed by atoms with E-state index in [0.717, 1.165) is 122 Å². The first-order chi connectivity index (χ1) is 32.7. The molecule has 384 valence electrons. The van der Waals surface area contributed by atoms with Crippen LogP contribution in [0.1, 0.15) is 207 Å². The van der Waals surface area contributed by atoms with Gasteiger partial charge in [-0.05, 0) is 154 Å². The highest BCUT2D eigenvalue weighted by Crippen LogP contribution is 2.18. The van der Waals surface area contributed by atoms with E-state index in [2.05, 4.69) is 86.5 Å². The van der Waals surface area contributed by atoms with Crippen molar-refractivity contribution in [1.29, 1.82) is 0 Å². The van der Waals surface area contributed by atoms with Gasteiger partial charge in [0, 0.05) is 38.8 Å². The molecule has 0 aromatic carbocycles. The summed E-state index contributed by atoms with van der Waals surface area (Å²) in [5, 5.41) is 2.78. The summed E-state index contributed by atoms with van der Waals surface area (Å²) in [5.41, 5.74) is 0. The van der Waals surface area contributed by atoms with E-state index in [0.29, 0.717) is 57.9 Å². The second-order valence-electron chi connectivity index (χ2n) is 17.9. The van der Waals surface area contributed by atoms with Crippen molar-refractivity contribution in [2.24, 2.45) is 5.92 Å². The molecule has 1 aliphatic heterocycles. The third-order valence-electron chi connectivity index (χ3n) is 11.6. The number of carbonyl (C=O) groups is 5. The maximum atomic E-state index is 12.7. The van der Waals surface area contributed by atoms with Crippen LogP contribution >= 0.6 is 0 Å². The third-order valence-corrected chi connectivity index (χ3v) is 11.6.